The summed E-state index contributed by atoms with van der Waals surface area (Å²) in [5.41, 5.74) is 5.82. The summed E-state index contributed by atoms with van der Waals surface area (Å²) in [6.45, 7) is 2.50. The van der Waals surface area contributed by atoms with Crippen LogP contribution in [0.25, 0.3) is 0 Å². The van der Waals surface area contributed by atoms with Gasteiger partial charge in [0.2, 0.25) is 11.8 Å². The Bertz CT molecular complexity index is 346. The minimum Gasteiger partial charge on any atom is -0.478 e. The van der Waals surface area contributed by atoms with E-state index in [2.05, 4.69) is 9.97 Å². The summed E-state index contributed by atoms with van der Waals surface area (Å²) < 4.78 is 11.0. The van der Waals surface area contributed by atoms with Crippen molar-refractivity contribution >= 4 is 0 Å². The third-order valence-electron chi connectivity index (χ3n) is 2.62. The molecule has 0 bridgehead atoms. The molecule has 1 aliphatic rings. The maximum Gasteiger partial charge on any atom is 0.220 e. The third kappa shape index (κ3) is 2.82. The standard InChI is InChI=1S/C11H17N3O2/c1-2-15-10-6-11(14-7-13-10)16-9-4-3-8(12)5-9/h6-9H,2-5,12H2,1H3. The lowest BCUT2D eigenvalue weighted by Gasteiger charge is -2.12. The second-order valence-electron chi connectivity index (χ2n) is 3.94. The van der Waals surface area contributed by atoms with Crippen LogP contribution in [-0.2, 0) is 0 Å². The number of hydrogen-bond acceptors (Lipinski definition) is 5. The van der Waals surface area contributed by atoms with E-state index >= 15 is 0 Å². The van der Waals surface area contributed by atoms with Crippen molar-refractivity contribution in [3.05, 3.63) is 12.4 Å². The van der Waals surface area contributed by atoms with Crippen molar-refractivity contribution < 1.29 is 9.47 Å². The lowest BCUT2D eigenvalue weighted by molar-refractivity contribution is 0.197. The topological polar surface area (TPSA) is 70.3 Å². The van der Waals surface area contributed by atoms with Gasteiger partial charge in [0.1, 0.15) is 12.4 Å². The van der Waals surface area contributed by atoms with Gasteiger partial charge in [-0.05, 0) is 26.2 Å². The van der Waals surface area contributed by atoms with Gasteiger partial charge < -0.3 is 15.2 Å². The van der Waals surface area contributed by atoms with Gasteiger partial charge in [-0.25, -0.2) is 9.97 Å². The van der Waals surface area contributed by atoms with Crippen LogP contribution in [0, 0.1) is 0 Å². The summed E-state index contributed by atoms with van der Waals surface area (Å²) in [7, 11) is 0. The smallest absolute Gasteiger partial charge is 0.220 e. The summed E-state index contributed by atoms with van der Waals surface area (Å²) in [5.74, 6) is 1.12. The monoisotopic (exact) mass is 223 g/mol. The summed E-state index contributed by atoms with van der Waals surface area (Å²) in [6, 6.07) is 1.98. The molecule has 0 amide bonds. The molecule has 1 saturated carbocycles. The van der Waals surface area contributed by atoms with Crippen LogP contribution in [-0.4, -0.2) is 28.7 Å². The van der Waals surface area contributed by atoms with Gasteiger partial charge in [-0.2, -0.15) is 0 Å². The molecule has 1 aromatic rings. The summed E-state index contributed by atoms with van der Waals surface area (Å²) in [6.07, 6.45) is 4.55. The van der Waals surface area contributed by atoms with Gasteiger partial charge in [0.15, 0.2) is 0 Å². The zero-order valence-electron chi connectivity index (χ0n) is 9.43. The van der Waals surface area contributed by atoms with Crippen LogP contribution in [0.2, 0.25) is 0 Å². The molecule has 0 aliphatic heterocycles. The molecule has 1 heterocycles. The molecule has 2 rings (SSSR count). The highest BCUT2D eigenvalue weighted by atomic mass is 16.5. The van der Waals surface area contributed by atoms with Gasteiger partial charge >= 0.3 is 0 Å². The quantitative estimate of drug-likeness (QED) is 0.828. The summed E-state index contributed by atoms with van der Waals surface area (Å²) in [4.78, 5) is 8.04. The minimum atomic E-state index is 0.180. The number of rotatable bonds is 4. The maximum atomic E-state index is 5.82. The van der Waals surface area contributed by atoms with Crippen LogP contribution in [0.1, 0.15) is 26.2 Å². The molecular formula is C11H17N3O2. The Labute approximate surface area is 95.0 Å². The molecular weight excluding hydrogens is 206 g/mol. The molecule has 88 valence electrons. The van der Waals surface area contributed by atoms with E-state index in [0.717, 1.165) is 19.3 Å². The highest BCUT2D eigenvalue weighted by Gasteiger charge is 2.23. The highest BCUT2D eigenvalue weighted by Crippen LogP contribution is 2.23. The van der Waals surface area contributed by atoms with Gasteiger partial charge in [0.05, 0.1) is 12.7 Å². The van der Waals surface area contributed by atoms with Gasteiger partial charge in [-0.3, -0.25) is 0 Å². The third-order valence-corrected chi connectivity index (χ3v) is 2.62. The maximum absolute atomic E-state index is 5.82. The number of hydrogen-bond donors (Lipinski definition) is 1. The van der Waals surface area contributed by atoms with Crippen molar-refractivity contribution in [2.75, 3.05) is 6.61 Å². The fourth-order valence-corrected chi connectivity index (χ4v) is 1.87. The number of aromatic nitrogens is 2. The van der Waals surface area contributed by atoms with Gasteiger partial charge in [0, 0.05) is 6.04 Å². The molecule has 1 fully saturated rings. The Hall–Kier alpha value is -1.36. The Morgan fingerprint density at radius 1 is 1.38 bits per heavy atom. The second-order valence-corrected chi connectivity index (χ2v) is 3.94. The van der Waals surface area contributed by atoms with Crippen LogP contribution >= 0.6 is 0 Å². The molecule has 5 heteroatoms. The van der Waals surface area contributed by atoms with Crippen molar-refractivity contribution in [2.24, 2.45) is 5.73 Å². The first-order valence-electron chi connectivity index (χ1n) is 5.65. The van der Waals surface area contributed by atoms with Crippen molar-refractivity contribution in [2.45, 2.75) is 38.3 Å². The number of ether oxygens (including phenoxy) is 2. The van der Waals surface area contributed by atoms with Crippen LogP contribution in [0.4, 0.5) is 0 Å². The van der Waals surface area contributed by atoms with E-state index in [9.17, 15) is 0 Å². The molecule has 0 aromatic carbocycles. The van der Waals surface area contributed by atoms with E-state index in [4.69, 9.17) is 15.2 Å². The average molecular weight is 223 g/mol. The van der Waals surface area contributed by atoms with Crippen molar-refractivity contribution in [3.63, 3.8) is 0 Å². The first kappa shape index (κ1) is 11.1. The molecule has 0 saturated heterocycles. The van der Waals surface area contributed by atoms with Gasteiger partial charge in [-0.15, -0.1) is 0 Å². The van der Waals surface area contributed by atoms with Crippen molar-refractivity contribution in [1.29, 1.82) is 0 Å². The zero-order valence-corrected chi connectivity index (χ0v) is 9.43. The first-order valence-corrected chi connectivity index (χ1v) is 5.65. The molecule has 0 radical (unpaired) electrons. The fourth-order valence-electron chi connectivity index (χ4n) is 1.87. The second kappa shape index (κ2) is 5.12. The summed E-state index contributed by atoms with van der Waals surface area (Å²) in [5, 5.41) is 0. The molecule has 1 aliphatic carbocycles. The molecule has 1 aromatic heterocycles. The lowest BCUT2D eigenvalue weighted by atomic mass is 10.3. The van der Waals surface area contributed by atoms with E-state index in [1.54, 1.807) is 6.07 Å². The number of nitrogens with two attached hydrogens (primary N) is 1. The zero-order chi connectivity index (χ0) is 11.4. The molecule has 5 nitrogen and oxygen atoms in total. The summed E-state index contributed by atoms with van der Waals surface area (Å²) >= 11 is 0. The van der Waals surface area contributed by atoms with E-state index in [0.29, 0.717) is 18.4 Å². The molecule has 2 atom stereocenters. The van der Waals surface area contributed by atoms with Crippen LogP contribution in [0.3, 0.4) is 0 Å². The van der Waals surface area contributed by atoms with Crippen molar-refractivity contribution in [3.8, 4) is 11.8 Å². The van der Waals surface area contributed by atoms with Crippen LogP contribution in [0.5, 0.6) is 11.8 Å². The van der Waals surface area contributed by atoms with Crippen LogP contribution in [0.15, 0.2) is 12.4 Å². The highest BCUT2D eigenvalue weighted by molar-refractivity contribution is 5.18. The molecule has 2 N–H and O–H groups in total. The Morgan fingerprint density at radius 2 is 2.19 bits per heavy atom. The van der Waals surface area contributed by atoms with Crippen molar-refractivity contribution in [1.82, 2.24) is 9.97 Å². The lowest BCUT2D eigenvalue weighted by Crippen LogP contribution is -2.19. The Morgan fingerprint density at radius 3 is 2.88 bits per heavy atom. The van der Waals surface area contributed by atoms with E-state index < -0.39 is 0 Å². The molecule has 0 spiro atoms. The van der Waals surface area contributed by atoms with E-state index in [-0.39, 0.29) is 12.1 Å². The minimum absolute atomic E-state index is 0.180. The molecule has 2 unspecified atom stereocenters. The van der Waals surface area contributed by atoms with Gasteiger partial charge in [0.25, 0.3) is 0 Å². The first-order chi connectivity index (χ1) is 7.78. The Kier molecular flexibility index (Phi) is 3.56. The predicted octanol–water partition coefficient (Wildman–Crippen LogP) is 1.13. The SMILES string of the molecule is CCOc1cc(OC2CCC(N)C2)ncn1. The van der Waals surface area contributed by atoms with E-state index in [1.807, 2.05) is 6.92 Å². The van der Waals surface area contributed by atoms with Gasteiger partial charge in [-0.1, -0.05) is 0 Å². The fraction of sp³-hybridized carbons (Fsp3) is 0.636. The molecule has 16 heavy (non-hydrogen) atoms. The van der Waals surface area contributed by atoms with E-state index in [1.165, 1.54) is 6.33 Å². The average Bonchev–Trinajstić information content (AvgIpc) is 2.65. The normalized spacial score (nSPS) is 24.4. The van der Waals surface area contributed by atoms with Crippen LogP contribution < -0.4 is 15.2 Å². The Balaban J connectivity index is 1.95. The number of nitrogens with zero attached hydrogens (tertiary/aromatic N) is 2. The largest absolute Gasteiger partial charge is 0.478 e. The predicted molar refractivity (Wildman–Crippen MR) is 59.4 cm³/mol.